The van der Waals surface area contributed by atoms with Crippen LogP contribution in [-0.4, -0.2) is 18.1 Å². The van der Waals surface area contributed by atoms with Gasteiger partial charge in [0.2, 0.25) is 0 Å². The van der Waals surface area contributed by atoms with E-state index in [9.17, 15) is 13.6 Å². The second kappa shape index (κ2) is 6.26. The Kier molecular flexibility index (Phi) is 5.27. The molecule has 1 rings (SSSR count). The first-order valence-electron chi connectivity index (χ1n) is 4.58. The molecule has 0 N–H and O–H groups in total. The normalized spacial score (nSPS) is 10.7. The van der Waals surface area contributed by atoms with E-state index in [2.05, 4.69) is 25.7 Å². The molecule has 0 aromatic carbocycles. The molecule has 1 heterocycles. The smallest absolute Gasteiger partial charge is 0.309 e. The molecule has 1 aromatic rings. The van der Waals surface area contributed by atoms with E-state index in [0.29, 0.717) is 16.5 Å². The zero-order valence-corrected chi connectivity index (χ0v) is 11.2. The summed E-state index contributed by atoms with van der Waals surface area (Å²) in [5.41, 5.74) is 0.462. The van der Waals surface area contributed by atoms with Crippen molar-refractivity contribution in [3.05, 3.63) is 28.0 Å². The number of methoxy groups -OCH3 is 1. The molecule has 17 heavy (non-hydrogen) atoms. The molecule has 0 amide bonds. The number of carbonyl (C=O) groups is 1. The van der Waals surface area contributed by atoms with E-state index in [0.717, 1.165) is 0 Å². The maximum atomic E-state index is 12.5. The third-order valence-electron chi connectivity index (χ3n) is 2.11. The molecule has 0 aliphatic heterocycles. The van der Waals surface area contributed by atoms with Gasteiger partial charge >= 0.3 is 5.97 Å². The van der Waals surface area contributed by atoms with E-state index in [1.54, 1.807) is 0 Å². The number of halogens is 4. The Morgan fingerprint density at radius 1 is 1.65 bits per heavy atom. The number of nitrogens with zero attached hydrogens (tertiary/aromatic N) is 1. The number of carbonyl (C=O) groups excluding carboxylic acids is 1. The summed E-state index contributed by atoms with van der Waals surface area (Å²) >= 11 is 8.95. The Morgan fingerprint density at radius 3 is 2.76 bits per heavy atom. The van der Waals surface area contributed by atoms with Crippen molar-refractivity contribution in [1.29, 1.82) is 0 Å². The van der Waals surface area contributed by atoms with Crippen LogP contribution in [0.2, 0.25) is 5.15 Å². The monoisotopic (exact) mass is 327 g/mol. The SMILES string of the molecule is COC(=O)Cc1cc(C(F)F)nc(Cl)c1CBr. The molecule has 0 aliphatic rings. The van der Waals surface area contributed by atoms with Crippen molar-refractivity contribution in [2.24, 2.45) is 0 Å². The maximum Gasteiger partial charge on any atom is 0.309 e. The molecule has 0 spiro atoms. The van der Waals surface area contributed by atoms with E-state index in [1.165, 1.54) is 13.2 Å². The minimum absolute atomic E-state index is 0.0291. The molecule has 0 saturated carbocycles. The van der Waals surface area contributed by atoms with E-state index >= 15 is 0 Å². The van der Waals surface area contributed by atoms with E-state index in [4.69, 9.17) is 11.6 Å². The third-order valence-corrected chi connectivity index (χ3v) is 2.98. The minimum Gasteiger partial charge on any atom is -0.469 e. The molecule has 0 radical (unpaired) electrons. The van der Waals surface area contributed by atoms with Crippen molar-refractivity contribution in [2.45, 2.75) is 18.2 Å². The molecule has 94 valence electrons. The summed E-state index contributed by atoms with van der Waals surface area (Å²) in [6.07, 6.45) is -2.84. The van der Waals surface area contributed by atoms with Gasteiger partial charge in [0, 0.05) is 10.9 Å². The average Bonchev–Trinajstić information content (AvgIpc) is 2.28. The first-order chi connectivity index (χ1) is 7.99. The Labute approximate surface area is 110 Å². The summed E-state index contributed by atoms with van der Waals surface area (Å²) in [6, 6.07) is 1.17. The topological polar surface area (TPSA) is 39.2 Å². The molecular weight excluding hydrogens is 319 g/mol. The molecule has 0 fully saturated rings. The minimum atomic E-state index is -2.73. The third kappa shape index (κ3) is 3.61. The van der Waals surface area contributed by atoms with Crippen LogP contribution in [0.4, 0.5) is 8.78 Å². The summed E-state index contributed by atoms with van der Waals surface area (Å²) in [7, 11) is 1.23. The highest BCUT2D eigenvalue weighted by atomic mass is 79.9. The molecule has 7 heteroatoms. The quantitative estimate of drug-likeness (QED) is 0.484. The first kappa shape index (κ1) is 14.3. The summed E-state index contributed by atoms with van der Waals surface area (Å²) < 4.78 is 29.6. The van der Waals surface area contributed by atoms with Crippen LogP contribution in [0.15, 0.2) is 6.07 Å². The van der Waals surface area contributed by atoms with Crippen molar-refractivity contribution in [2.75, 3.05) is 7.11 Å². The summed E-state index contributed by atoms with van der Waals surface area (Å²) in [5, 5.41) is 0.299. The lowest BCUT2D eigenvalue weighted by Gasteiger charge is -2.10. The lowest BCUT2D eigenvalue weighted by atomic mass is 10.1. The second-order valence-corrected chi connectivity index (χ2v) is 4.08. The van der Waals surface area contributed by atoms with Gasteiger partial charge in [-0.3, -0.25) is 4.79 Å². The van der Waals surface area contributed by atoms with E-state index in [-0.39, 0.29) is 11.6 Å². The van der Waals surface area contributed by atoms with Crippen molar-refractivity contribution in [3.63, 3.8) is 0 Å². The van der Waals surface area contributed by atoms with Crippen LogP contribution in [0, 0.1) is 0 Å². The standard InChI is InChI=1S/C10H9BrClF2NO2/c1-17-8(16)3-5-2-7(10(13)14)15-9(12)6(5)4-11/h2,10H,3-4H2,1H3. The van der Waals surface area contributed by atoms with Gasteiger partial charge in [0.25, 0.3) is 6.43 Å². The number of pyridine rings is 1. The van der Waals surface area contributed by atoms with Gasteiger partial charge in [-0.25, -0.2) is 13.8 Å². The molecule has 0 saturated heterocycles. The van der Waals surface area contributed by atoms with Gasteiger partial charge in [-0.1, -0.05) is 27.5 Å². The van der Waals surface area contributed by atoms with Crippen LogP contribution in [0.1, 0.15) is 23.2 Å². The number of hydrogen-bond donors (Lipinski definition) is 0. The van der Waals surface area contributed by atoms with Gasteiger partial charge in [0.1, 0.15) is 10.8 Å². The van der Waals surface area contributed by atoms with Crippen molar-refractivity contribution < 1.29 is 18.3 Å². The van der Waals surface area contributed by atoms with Crippen LogP contribution in [0.25, 0.3) is 0 Å². The highest BCUT2D eigenvalue weighted by molar-refractivity contribution is 9.08. The number of hydrogen-bond acceptors (Lipinski definition) is 3. The van der Waals surface area contributed by atoms with Gasteiger partial charge in [-0.05, 0) is 11.6 Å². The second-order valence-electron chi connectivity index (χ2n) is 3.16. The fourth-order valence-electron chi connectivity index (χ4n) is 1.25. The lowest BCUT2D eigenvalue weighted by Crippen LogP contribution is -2.08. The highest BCUT2D eigenvalue weighted by Gasteiger charge is 2.17. The van der Waals surface area contributed by atoms with Crippen molar-refractivity contribution >= 4 is 33.5 Å². The number of alkyl halides is 3. The lowest BCUT2D eigenvalue weighted by molar-refractivity contribution is -0.139. The molecule has 0 atom stereocenters. The molecule has 0 unspecified atom stereocenters. The number of ether oxygens (including phenoxy) is 1. The highest BCUT2D eigenvalue weighted by Crippen LogP contribution is 2.27. The van der Waals surface area contributed by atoms with Gasteiger partial charge < -0.3 is 4.74 Å². The Balaban J connectivity index is 3.19. The summed E-state index contributed by atoms with van der Waals surface area (Å²) in [5.74, 6) is -0.519. The molecule has 1 aromatic heterocycles. The number of aromatic nitrogens is 1. The Morgan fingerprint density at radius 2 is 2.29 bits per heavy atom. The molecule has 3 nitrogen and oxygen atoms in total. The molecular formula is C10H9BrClF2NO2. The predicted octanol–water partition coefficient (Wildman–Crippen LogP) is 3.28. The molecule has 0 aliphatic carbocycles. The largest absolute Gasteiger partial charge is 0.469 e. The van der Waals surface area contributed by atoms with Crippen LogP contribution < -0.4 is 0 Å². The van der Waals surface area contributed by atoms with Gasteiger partial charge in [0.05, 0.1) is 13.5 Å². The Hall–Kier alpha value is -0.750. The van der Waals surface area contributed by atoms with Crippen LogP contribution in [-0.2, 0) is 21.3 Å². The predicted molar refractivity (Wildman–Crippen MR) is 62.6 cm³/mol. The van der Waals surface area contributed by atoms with Crippen LogP contribution >= 0.6 is 27.5 Å². The Bertz CT molecular complexity index is 429. The van der Waals surface area contributed by atoms with Crippen molar-refractivity contribution in [1.82, 2.24) is 4.98 Å². The fourth-order valence-corrected chi connectivity index (χ4v) is 2.32. The van der Waals surface area contributed by atoms with Gasteiger partial charge in [-0.15, -0.1) is 0 Å². The van der Waals surface area contributed by atoms with E-state index in [1.807, 2.05) is 0 Å². The van der Waals surface area contributed by atoms with Crippen LogP contribution in [0.5, 0.6) is 0 Å². The van der Waals surface area contributed by atoms with E-state index < -0.39 is 18.1 Å². The zero-order chi connectivity index (χ0) is 13.0. The summed E-state index contributed by atoms with van der Waals surface area (Å²) in [4.78, 5) is 14.7. The fraction of sp³-hybridized carbons (Fsp3) is 0.400. The maximum absolute atomic E-state index is 12.5. The molecule has 0 bridgehead atoms. The van der Waals surface area contributed by atoms with Crippen molar-refractivity contribution in [3.8, 4) is 0 Å². The van der Waals surface area contributed by atoms with Gasteiger partial charge in [0.15, 0.2) is 0 Å². The number of esters is 1. The first-order valence-corrected chi connectivity index (χ1v) is 6.08. The zero-order valence-electron chi connectivity index (χ0n) is 8.84. The number of rotatable bonds is 4. The van der Waals surface area contributed by atoms with Crippen LogP contribution in [0.3, 0.4) is 0 Å². The average molecular weight is 329 g/mol. The summed E-state index contributed by atoms with van der Waals surface area (Å²) in [6.45, 7) is 0. The van der Waals surface area contributed by atoms with Gasteiger partial charge in [-0.2, -0.15) is 0 Å².